The molecule has 0 radical (unpaired) electrons. The maximum absolute atomic E-state index is 12.9. The fraction of sp³-hybridized carbons (Fsp3) is 0.364. The second-order valence-corrected chi connectivity index (χ2v) is 14.2. The van der Waals surface area contributed by atoms with Crippen molar-refractivity contribution in [2.75, 3.05) is 68.6 Å². The molecular weight excluding hydrogens is 746 g/mol. The first-order valence-electron chi connectivity index (χ1n) is 16.4. The standard InChI is InChI=1S/C33H42ClN11O6S2/c1-35-33-27(34)28(42-53-33)32(51)41-26-8-7-23(52-26)31(50)40-20-16-22(45(5)18-20)30(49)38-13-10-25(47)39-19-15-21(44(4)17-19)29(48)37-12-9-24(46)36-11-6-14-43(2)3/h7-8,15-18,35H,6,9-14H2,1-5H3,(H,36,46)(H,37,48)(H,38,49)(H,39,47)(H,40,50)(H,41,51). The van der Waals surface area contributed by atoms with Crippen molar-refractivity contribution in [1.29, 1.82) is 0 Å². The van der Waals surface area contributed by atoms with Gasteiger partial charge in [-0.15, -0.1) is 11.3 Å². The number of aryl methyl sites for hydroxylation is 2. The van der Waals surface area contributed by atoms with Crippen LogP contribution < -0.4 is 37.2 Å². The van der Waals surface area contributed by atoms with Crippen molar-refractivity contribution in [3.05, 3.63) is 63.6 Å². The maximum atomic E-state index is 12.9. The Balaban J connectivity index is 1.19. The van der Waals surface area contributed by atoms with E-state index in [0.717, 1.165) is 35.8 Å². The third kappa shape index (κ3) is 11.6. The molecule has 4 aromatic heterocycles. The van der Waals surface area contributed by atoms with Gasteiger partial charge in [0.15, 0.2) is 5.69 Å². The van der Waals surface area contributed by atoms with E-state index in [-0.39, 0.29) is 60.1 Å². The van der Waals surface area contributed by atoms with E-state index in [4.69, 9.17) is 11.6 Å². The fourth-order valence-electron chi connectivity index (χ4n) is 4.88. The molecule has 284 valence electrons. The smallest absolute Gasteiger partial charge is 0.277 e. The number of carbonyl (C=O) groups is 6. The zero-order valence-corrected chi connectivity index (χ0v) is 32.2. The van der Waals surface area contributed by atoms with Crippen molar-refractivity contribution in [2.45, 2.75) is 19.3 Å². The number of amides is 6. The lowest BCUT2D eigenvalue weighted by Gasteiger charge is -2.10. The Kier molecular flexibility index (Phi) is 14.5. The molecule has 4 heterocycles. The van der Waals surface area contributed by atoms with Crippen molar-refractivity contribution in [1.82, 2.24) is 34.4 Å². The van der Waals surface area contributed by atoms with Gasteiger partial charge in [-0.3, -0.25) is 28.8 Å². The highest BCUT2D eigenvalue weighted by molar-refractivity contribution is 7.18. The van der Waals surface area contributed by atoms with Crippen LogP contribution in [-0.2, 0) is 23.7 Å². The minimum Gasteiger partial charge on any atom is -0.377 e. The summed E-state index contributed by atoms with van der Waals surface area (Å²) in [7, 11) is 8.91. The van der Waals surface area contributed by atoms with E-state index in [1.165, 1.54) is 16.7 Å². The fourth-order valence-corrected chi connectivity index (χ4v) is 6.68. The van der Waals surface area contributed by atoms with E-state index >= 15 is 0 Å². The number of hydrogen-bond donors (Lipinski definition) is 7. The summed E-state index contributed by atoms with van der Waals surface area (Å²) in [4.78, 5) is 78.0. The number of halogens is 1. The lowest BCUT2D eigenvalue weighted by molar-refractivity contribution is -0.121. The number of carbonyl (C=O) groups excluding carboxylic acids is 6. The van der Waals surface area contributed by atoms with Crippen LogP contribution in [0.25, 0.3) is 0 Å². The molecule has 0 aliphatic rings. The lowest BCUT2D eigenvalue weighted by Crippen LogP contribution is -2.32. The first kappa shape index (κ1) is 40.5. The quantitative estimate of drug-likeness (QED) is 0.0738. The van der Waals surface area contributed by atoms with Gasteiger partial charge in [0, 0.05) is 66.0 Å². The predicted octanol–water partition coefficient (Wildman–Crippen LogP) is 3.03. The largest absolute Gasteiger partial charge is 0.377 e. The van der Waals surface area contributed by atoms with Gasteiger partial charge in [-0.05, 0) is 62.9 Å². The van der Waals surface area contributed by atoms with Crippen molar-refractivity contribution < 1.29 is 28.8 Å². The van der Waals surface area contributed by atoms with Gasteiger partial charge in [-0.2, -0.15) is 4.37 Å². The topological polar surface area (TPSA) is 213 Å². The van der Waals surface area contributed by atoms with Crippen molar-refractivity contribution in [3.8, 4) is 0 Å². The van der Waals surface area contributed by atoms with Crippen LogP contribution >= 0.6 is 34.5 Å². The third-order valence-electron chi connectivity index (χ3n) is 7.54. The molecule has 0 unspecified atom stereocenters. The Morgan fingerprint density at radius 3 is 1.96 bits per heavy atom. The van der Waals surface area contributed by atoms with Crippen molar-refractivity contribution in [3.63, 3.8) is 0 Å². The molecule has 53 heavy (non-hydrogen) atoms. The summed E-state index contributed by atoms with van der Waals surface area (Å²) in [6, 6.07) is 6.17. The van der Waals surface area contributed by atoms with Crippen molar-refractivity contribution >= 4 is 91.3 Å². The van der Waals surface area contributed by atoms with Crippen LogP contribution in [0.1, 0.15) is 60.4 Å². The van der Waals surface area contributed by atoms with E-state index in [0.29, 0.717) is 38.5 Å². The SMILES string of the molecule is CNc1snc(C(=O)Nc2ccc(C(=O)Nc3cc(C(=O)NCCC(=O)Nc4cc(C(=O)NCCC(=O)NCCCN(C)C)n(C)c4)n(C)c3)s2)c1Cl. The van der Waals surface area contributed by atoms with E-state index < -0.39 is 17.7 Å². The number of nitrogens with one attached hydrogen (secondary N) is 7. The molecule has 17 nitrogen and oxygen atoms in total. The number of aromatic nitrogens is 3. The summed E-state index contributed by atoms with van der Waals surface area (Å²) in [6.07, 6.45) is 4.11. The van der Waals surface area contributed by atoms with Gasteiger partial charge in [-0.25, -0.2) is 0 Å². The zero-order valence-electron chi connectivity index (χ0n) is 29.8. The van der Waals surface area contributed by atoms with Gasteiger partial charge >= 0.3 is 0 Å². The van der Waals surface area contributed by atoms with Crippen molar-refractivity contribution in [2.24, 2.45) is 14.1 Å². The van der Waals surface area contributed by atoms with E-state index in [1.807, 2.05) is 19.0 Å². The molecule has 0 atom stereocenters. The van der Waals surface area contributed by atoms with Gasteiger partial charge < -0.3 is 51.3 Å². The molecule has 6 amide bonds. The van der Waals surface area contributed by atoms with Crippen LogP contribution in [0.5, 0.6) is 0 Å². The number of thiophene rings is 1. The molecule has 0 aliphatic heterocycles. The molecule has 0 saturated carbocycles. The summed E-state index contributed by atoms with van der Waals surface area (Å²) in [5.41, 5.74) is 1.41. The summed E-state index contributed by atoms with van der Waals surface area (Å²) < 4.78 is 7.17. The molecule has 0 aliphatic carbocycles. The molecule has 0 saturated heterocycles. The number of anilines is 4. The Labute approximate surface area is 319 Å². The summed E-state index contributed by atoms with van der Waals surface area (Å²) in [5, 5.41) is 20.4. The first-order chi connectivity index (χ1) is 25.2. The molecule has 0 aromatic carbocycles. The van der Waals surface area contributed by atoms with Gasteiger partial charge in [0.25, 0.3) is 23.6 Å². The normalized spacial score (nSPS) is 10.8. The Hall–Kier alpha value is -5.24. The number of nitrogens with zero attached hydrogens (tertiary/aromatic N) is 4. The minimum atomic E-state index is -0.506. The average molecular weight is 788 g/mol. The maximum Gasteiger partial charge on any atom is 0.277 e. The molecule has 7 N–H and O–H groups in total. The first-order valence-corrected chi connectivity index (χ1v) is 18.4. The van der Waals surface area contributed by atoms with E-state index in [2.05, 4.69) is 41.6 Å². The lowest BCUT2D eigenvalue weighted by atomic mass is 10.3. The third-order valence-corrected chi connectivity index (χ3v) is 9.88. The number of rotatable bonds is 18. The summed E-state index contributed by atoms with van der Waals surface area (Å²) in [6.45, 7) is 1.63. The Morgan fingerprint density at radius 2 is 1.38 bits per heavy atom. The Morgan fingerprint density at radius 1 is 0.774 bits per heavy atom. The van der Waals surface area contributed by atoms with Gasteiger partial charge in [0.2, 0.25) is 11.8 Å². The number of hydrogen-bond acceptors (Lipinski definition) is 11. The molecule has 0 fully saturated rings. The summed E-state index contributed by atoms with van der Waals surface area (Å²) >= 11 is 8.30. The van der Waals surface area contributed by atoms with Crippen LogP contribution in [-0.4, -0.2) is 101 Å². The van der Waals surface area contributed by atoms with Gasteiger partial charge in [0.1, 0.15) is 21.4 Å². The monoisotopic (exact) mass is 787 g/mol. The highest BCUT2D eigenvalue weighted by Gasteiger charge is 2.20. The molecule has 0 bridgehead atoms. The molecular formula is C33H42ClN11O6S2. The molecule has 4 rings (SSSR count). The van der Waals surface area contributed by atoms with Crippen LogP contribution in [0.2, 0.25) is 5.02 Å². The predicted molar refractivity (Wildman–Crippen MR) is 206 cm³/mol. The molecule has 20 heteroatoms. The average Bonchev–Trinajstić information content (AvgIpc) is 3.89. The molecule has 4 aromatic rings. The summed E-state index contributed by atoms with van der Waals surface area (Å²) in [5.74, 6) is -2.31. The van der Waals surface area contributed by atoms with Crippen LogP contribution in [0.4, 0.5) is 21.4 Å². The second kappa shape index (κ2) is 19.0. The van der Waals surface area contributed by atoms with E-state index in [1.54, 1.807) is 50.2 Å². The van der Waals surface area contributed by atoms with Gasteiger partial charge in [-0.1, -0.05) is 11.6 Å². The van der Waals surface area contributed by atoms with Gasteiger partial charge in [0.05, 0.1) is 21.3 Å². The highest BCUT2D eigenvalue weighted by Crippen LogP contribution is 2.31. The zero-order chi connectivity index (χ0) is 38.7. The second-order valence-electron chi connectivity index (χ2n) is 12.0. The minimum absolute atomic E-state index is 0.0288. The van der Waals surface area contributed by atoms with Crippen LogP contribution in [0.3, 0.4) is 0 Å². The molecule has 0 spiro atoms. The van der Waals surface area contributed by atoms with Crippen LogP contribution in [0.15, 0.2) is 36.7 Å². The van der Waals surface area contributed by atoms with E-state index in [9.17, 15) is 28.8 Å². The highest BCUT2D eigenvalue weighted by atomic mass is 35.5. The van der Waals surface area contributed by atoms with Crippen LogP contribution in [0, 0.1) is 0 Å². The Bertz CT molecular complexity index is 1960.